The van der Waals surface area contributed by atoms with E-state index in [-0.39, 0.29) is 17.9 Å². The number of fused-ring (bicyclic) bond motifs is 4. The van der Waals surface area contributed by atoms with Crippen LogP contribution >= 0.6 is 0 Å². The lowest BCUT2D eigenvalue weighted by atomic mass is 9.89. The maximum Gasteiger partial charge on any atom is 0.411 e. The second-order valence-corrected chi connectivity index (χ2v) is 8.51. The van der Waals surface area contributed by atoms with Crippen LogP contribution in [0.25, 0.3) is 0 Å². The zero-order valence-corrected chi connectivity index (χ0v) is 16.7. The fraction of sp³-hybridized carbons (Fsp3) is 0.619. The van der Waals surface area contributed by atoms with Crippen molar-refractivity contribution in [1.29, 1.82) is 0 Å². The predicted molar refractivity (Wildman–Crippen MR) is 102 cm³/mol. The topological polar surface area (TPSA) is 59.1 Å². The number of nitrogens with zero attached hydrogens (tertiary/aromatic N) is 2. The van der Waals surface area contributed by atoms with Gasteiger partial charge in [-0.3, -0.25) is 9.80 Å². The normalized spacial score (nSPS) is 25.8. The number of esters is 1. The molecule has 6 heteroatoms. The van der Waals surface area contributed by atoms with Crippen LogP contribution in [-0.2, 0) is 20.8 Å². The number of hydrogen-bond donors (Lipinski definition) is 0. The molecule has 0 aliphatic carbocycles. The highest BCUT2D eigenvalue weighted by Gasteiger charge is 2.47. The summed E-state index contributed by atoms with van der Waals surface area (Å²) >= 11 is 0. The SMILES string of the molecule is COC(=O)C1[C@H]2CCC(CN1C(=O)OC(C)(C)C)N(Cc1ccccc1)C2. The van der Waals surface area contributed by atoms with Gasteiger partial charge in [-0.25, -0.2) is 9.59 Å². The highest BCUT2D eigenvalue weighted by atomic mass is 16.6. The number of amides is 1. The van der Waals surface area contributed by atoms with Crippen molar-refractivity contribution in [3.05, 3.63) is 35.9 Å². The number of benzene rings is 1. The first-order chi connectivity index (χ1) is 12.8. The molecule has 6 nitrogen and oxygen atoms in total. The van der Waals surface area contributed by atoms with Gasteiger partial charge in [0.1, 0.15) is 11.6 Å². The Morgan fingerprint density at radius 2 is 1.81 bits per heavy atom. The molecule has 148 valence electrons. The number of ether oxygens (including phenoxy) is 2. The molecule has 3 heterocycles. The third kappa shape index (κ3) is 4.61. The summed E-state index contributed by atoms with van der Waals surface area (Å²) in [5.41, 5.74) is 0.635. The van der Waals surface area contributed by atoms with Crippen LogP contribution in [0.3, 0.4) is 0 Å². The molecule has 3 saturated heterocycles. The summed E-state index contributed by atoms with van der Waals surface area (Å²) in [6, 6.07) is 9.93. The molecule has 0 spiro atoms. The van der Waals surface area contributed by atoms with Gasteiger partial charge in [-0.1, -0.05) is 30.3 Å². The van der Waals surface area contributed by atoms with Gasteiger partial charge in [0.2, 0.25) is 0 Å². The molecule has 1 aromatic rings. The van der Waals surface area contributed by atoms with Gasteiger partial charge in [-0.2, -0.15) is 0 Å². The number of rotatable bonds is 3. The van der Waals surface area contributed by atoms with E-state index in [4.69, 9.17) is 9.47 Å². The quantitative estimate of drug-likeness (QED) is 0.761. The molecule has 0 radical (unpaired) electrons. The molecular weight excluding hydrogens is 344 g/mol. The summed E-state index contributed by atoms with van der Waals surface area (Å²) < 4.78 is 10.6. The molecule has 4 rings (SSSR count). The van der Waals surface area contributed by atoms with Crippen molar-refractivity contribution in [2.75, 3.05) is 20.2 Å². The maximum atomic E-state index is 12.9. The van der Waals surface area contributed by atoms with Crippen LogP contribution in [0, 0.1) is 5.92 Å². The lowest BCUT2D eigenvalue weighted by Gasteiger charge is -2.36. The van der Waals surface area contributed by atoms with Crippen LogP contribution in [0.4, 0.5) is 4.79 Å². The molecule has 0 N–H and O–H groups in total. The third-order valence-corrected chi connectivity index (χ3v) is 5.35. The summed E-state index contributed by atoms with van der Waals surface area (Å²) in [7, 11) is 1.38. The lowest BCUT2D eigenvalue weighted by Crippen LogP contribution is -2.50. The Kier molecular flexibility index (Phi) is 5.75. The van der Waals surface area contributed by atoms with E-state index >= 15 is 0 Å². The molecule has 3 fully saturated rings. The van der Waals surface area contributed by atoms with E-state index in [9.17, 15) is 9.59 Å². The Bertz CT molecular complexity index is 671. The first kappa shape index (κ1) is 19.7. The Hall–Kier alpha value is -2.08. The lowest BCUT2D eigenvalue weighted by molar-refractivity contribution is -0.148. The molecule has 0 aromatic heterocycles. The standard InChI is InChI=1S/C21H30N2O4/c1-21(2,3)27-20(25)23-14-17-11-10-16(18(23)19(24)26-4)13-22(17)12-15-8-6-5-7-9-15/h5-9,16-18H,10-14H2,1-4H3/t16-,17?,18?/m0/s1. The number of piperidine rings is 1. The zero-order valence-electron chi connectivity index (χ0n) is 16.7. The summed E-state index contributed by atoms with van der Waals surface area (Å²) in [5, 5.41) is 0. The van der Waals surface area contributed by atoms with E-state index in [1.165, 1.54) is 12.7 Å². The van der Waals surface area contributed by atoms with Gasteiger partial charge >= 0.3 is 12.1 Å². The first-order valence-corrected chi connectivity index (χ1v) is 9.64. The Balaban J connectivity index is 1.84. The van der Waals surface area contributed by atoms with E-state index < -0.39 is 17.7 Å². The van der Waals surface area contributed by atoms with Crippen molar-refractivity contribution in [3.8, 4) is 0 Å². The van der Waals surface area contributed by atoms with E-state index in [1.807, 2.05) is 39.0 Å². The van der Waals surface area contributed by atoms with Crippen molar-refractivity contribution < 1.29 is 19.1 Å². The molecule has 1 aromatic carbocycles. The molecule has 2 bridgehead atoms. The average Bonchev–Trinajstić information content (AvgIpc) is 2.89. The fourth-order valence-corrected chi connectivity index (χ4v) is 4.15. The van der Waals surface area contributed by atoms with Gasteiger partial charge in [0, 0.05) is 31.6 Å². The Labute approximate surface area is 161 Å². The molecule has 3 atom stereocenters. The minimum atomic E-state index is -0.604. The molecular formula is C21H30N2O4. The Morgan fingerprint density at radius 1 is 1.11 bits per heavy atom. The van der Waals surface area contributed by atoms with Crippen molar-refractivity contribution in [3.63, 3.8) is 0 Å². The monoisotopic (exact) mass is 374 g/mol. The van der Waals surface area contributed by atoms with Crippen molar-refractivity contribution in [2.45, 2.75) is 57.8 Å². The van der Waals surface area contributed by atoms with Crippen LogP contribution in [0.15, 0.2) is 30.3 Å². The van der Waals surface area contributed by atoms with Crippen molar-refractivity contribution in [1.82, 2.24) is 9.80 Å². The smallest absolute Gasteiger partial charge is 0.411 e. The highest BCUT2D eigenvalue weighted by Crippen LogP contribution is 2.34. The summed E-state index contributed by atoms with van der Waals surface area (Å²) in [6.07, 6.45) is 1.44. The largest absolute Gasteiger partial charge is 0.467 e. The van der Waals surface area contributed by atoms with E-state index in [1.54, 1.807) is 4.90 Å². The van der Waals surface area contributed by atoms with Gasteiger partial charge in [0.05, 0.1) is 7.11 Å². The summed E-state index contributed by atoms with van der Waals surface area (Å²) in [4.78, 5) is 29.4. The predicted octanol–water partition coefficient (Wildman–Crippen LogP) is 3.06. The van der Waals surface area contributed by atoms with Gasteiger partial charge in [-0.05, 0) is 39.2 Å². The molecule has 3 aliphatic heterocycles. The number of carbonyl (C=O) groups is 2. The van der Waals surface area contributed by atoms with Crippen LogP contribution in [0.1, 0.15) is 39.2 Å². The van der Waals surface area contributed by atoms with Gasteiger partial charge in [-0.15, -0.1) is 0 Å². The number of hydrogen-bond acceptors (Lipinski definition) is 5. The van der Waals surface area contributed by atoms with E-state index in [0.29, 0.717) is 6.54 Å². The van der Waals surface area contributed by atoms with Crippen LogP contribution in [0.5, 0.6) is 0 Å². The van der Waals surface area contributed by atoms with Crippen LogP contribution < -0.4 is 0 Å². The number of carbonyl (C=O) groups excluding carboxylic acids is 2. The average molecular weight is 374 g/mol. The minimum Gasteiger partial charge on any atom is -0.467 e. The number of methoxy groups -OCH3 is 1. The van der Waals surface area contributed by atoms with Crippen molar-refractivity contribution >= 4 is 12.1 Å². The van der Waals surface area contributed by atoms with Crippen LogP contribution in [-0.4, -0.2) is 59.7 Å². The first-order valence-electron chi connectivity index (χ1n) is 9.64. The molecule has 1 amide bonds. The van der Waals surface area contributed by atoms with Gasteiger partial charge in [0.15, 0.2) is 0 Å². The van der Waals surface area contributed by atoms with E-state index in [2.05, 4.69) is 17.0 Å². The second kappa shape index (κ2) is 7.89. The maximum absolute atomic E-state index is 12.9. The fourth-order valence-electron chi connectivity index (χ4n) is 4.15. The second-order valence-electron chi connectivity index (χ2n) is 8.51. The Morgan fingerprint density at radius 3 is 2.44 bits per heavy atom. The minimum absolute atomic E-state index is 0.0485. The highest BCUT2D eigenvalue weighted by molar-refractivity contribution is 5.82. The molecule has 27 heavy (non-hydrogen) atoms. The summed E-state index contributed by atoms with van der Waals surface area (Å²) in [6.45, 7) is 7.60. The van der Waals surface area contributed by atoms with Gasteiger partial charge in [0.25, 0.3) is 0 Å². The molecule has 0 saturated carbocycles. The van der Waals surface area contributed by atoms with Crippen molar-refractivity contribution in [2.24, 2.45) is 5.92 Å². The third-order valence-electron chi connectivity index (χ3n) is 5.35. The summed E-state index contributed by atoms with van der Waals surface area (Å²) in [5.74, 6) is -0.305. The molecule has 2 unspecified atom stereocenters. The molecule has 3 aliphatic rings. The van der Waals surface area contributed by atoms with Gasteiger partial charge < -0.3 is 9.47 Å². The van der Waals surface area contributed by atoms with Crippen LogP contribution in [0.2, 0.25) is 0 Å². The van der Waals surface area contributed by atoms with E-state index in [0.717, 1.165) is 25.9 Å². The zero-order chi connectivity index (χ0) is 19.6.